The van der Waals surface area contributed by atoms with E-state index < -0.39 is 0 Å². The Bertz CT molecular complexity index is 196. The van der Waals surface area contributed by atoms with Crippen molar-refractivity contribution in [2.24, 2.45) is 0 Å². The molecule has 12 heavy (non-hydrogen) atoms. The highest BCUT2D eigenvalue weighted by molar-refractivity contribution is 7.09. The van der Waals surface area contributed by atoms with Gasteiger partial charge in [-0.05, 0) is 13.0 Å². The molecule has 2 nitrogen and oxygen atoms in total. The van der Waals surface area contributed by atoms with Crippen LogP contribution in [0.15, 0.2) is 11.6 Å². The molecule has 0 aliphatic rings. The summed E-state index contributed by atoms with van der Waals surface area (Å²) in [5.74, 6) is 0.552. The molecule has 0 saturated carbocycles. The molecule has 1 atom stereocenters. The first-order valence-electron chi connectivity index (χ1n) is 4.44. The molecule has 68 valence electrons. The highest BCUT2D eigenvalue weighted by atomic mass is 32.1. The normalized spacial score (nSPS) is 13.2. The summed E-state index contributed by atoms with van der Waals surface area (Å²) >= 11 is 1.74. The minimum atomic E-state index is 0.552. The Balaban J connectivity index is 2.25. The number of hydrogen-bond donors (Lipinski definition) is 1. The summed E-state index contributed by atoms with van der Waals surface area (Å²) in [5, 5.41) is 6.66. The van der Waals surface area contributed by atoms with Crippen LogP contribution in [0.3, 0.4) is 0 Å². The Morgan fingerprint density at radius 1 is 1.67 bits per heavy atom. The minimum absolute atomic E-state index is 0.552. The molecule has 0 amide bonds. The van der Waals surface area contributed by atoms with Crippen molar-refractivity contribution in [1.29, 1.82) is 0 Å². The van der Waals surface area contributed by atoms with Gasteiger partial charge in [-0.25, -0.2) is 4.98 Å². The van der Waals surface area contributed by atoms with Gasteiger partial charge in [0.25, 0.3) is 0 Å². The maximum Gasteiger partial charge on any atom is 0.0965 e. The molecule has 1 rings (SSSR count). The first kappa shape index (κ1) is 9.68. The summed E-state index contributed by atoms with van der Waals surface area (Å²) in [4.78, 5) is 4.27. The van der Waals surface area contributed by atoms with Crippen LogP contribution < -0.4 is 5.32 Å². The van der Waals surface area contributed by atoms with Gasteiger partial charge in [0.05, 0.1) is 5.01 Å². The van der Waals surface area contributed by atoms with Crippen LogP contribution in [0.5, 0.6) is 0 Å². The summed E-state index contributed by atoms with van der Waals surface area (Å²) in [6.07, 6.45) is 3.07. The van der Waals surface area contributed by atoms with Crippen molar-refractivity contribution >= 4 is 11.3 Å². The van der Waals surface area contributed by atoms with Crippen LogP contribution in [0.1, 0.15) is 31.2 Å². The second-order valence-corrected chi connectivity index (χ2v) is 3.90. The smallest absolute Gasteiger partial charge is 0.0965 e. The summed E-state index contributed by atoms with van der Waals surface area (Å²) in [6.45, 7) is 6.54. The van der Waals surface area contributed by atoms with Crippen LogP contribution in [0, 0.1) is 0 Å². The van der Waals surface area contributed by atoms with Gasteiger partial charge in [-0.3, -0.25) is 0 Å². The van der Waals surface area contributed by atoms with E-state index in [-0.39, 0.29) is 0 Å². The Morgan fingerprint density at radius 3 is 3.08 bits per heavy atom. The Kier molecular flexibility index (Phi) is 4.25. The molecule has 0 saturated heterocycles. The number of aromatic nitrogens is 1. The maximum absolute atomic E-state index is 4.27. The van der Waals surface area contributed by atoms with Crippen LogP contribution in [0.4, 0.5) is 0 Å². The van der Waals surface area contributed by atoms with Gasteiger partial charge in [-0.1, -0.05) is 13.8 Å². The molecule has 0 aromatic carbocycles. The molecule has 1 heterocycles. The third-order valence-corrected chi connectivity index (χ3v) is 2.76. The van der Waals surface area contributed by atoms with E-state index >= 15 is 0 Å². The van der Waals surface area contributed by atoms with E-state index in [1.54, 1.807) is 11.3 Å². The lowest BCUT2D eigenvalue weighted by atomic mass is 10.2. The highest BCUT2D eigenvalue weighted by Crippen LogP contribution is 2.15. The Hall–Kier alpha value is -0.410. The molecule has 0 bridgehead atoms. The first-order valence-corrected chi connectivity index (χ1v) is 5.32. The number of rotatable bonds is 5. The van der Waals surface area contributed by atoms with Crippen molar-refractivity contribution in [3.63, 3.8) is 0 Å². The molecule has 3 heteroatoms. The zero-order valence-electron chi connectivity index (χ0n) is 7.71. The van der Waals surface area contributed by atoms with E-state index in [4.69, 9.17) is 0 Å². The van der Waals surface area contributed by atoms with Crippen molar-refractivity contribution in [2.75, 3.05) is 13.1 Å². The standard InChI is InChI=1S/C9H16N2S/c1-3-4-10-7-8(2)9-11-5-6-12-9/h5-6,8,10H,3-4,7H2,1-2H3. The third kappa shape index (κ3) is 2.91. The SMILES string of the molecule is CCCNCC(C)c1nccs1. The van der Waals surface area contributed by atoms with Crippen molar-refractivity contribution in [2.45, 2.75) is 26.2 Å². The molecule has 1 aromatic heterocycles. The van der Waals surface area contributed by atoms with Gasteiger partial charge >= 0.3 is 0 Å². The van der Waals surface area contributed by atoms with Gasteiger partial charge in [0.2, 0.25) is 0 Å². The van der Waals surface area contributed by atoms with E-state index in [1.807, 2.05) is 11.6 Å². The van der Waals surface area contributed by atoms with Gasteiger partial charge in [0.15, 0.2) is 0 Å². The quantitative estimate of drug-likeness (QED) is 0.710. The molecule has 1 unspecified atom stereocenters. The molecule has 0 radical (unpaired) electrons. The van der Waals surface area contributed by atoms with Crippen molar-refractivity contribution < 1.29 is 0 Å². The van der Waals surface area contributed by atoms with Gasteiger partial charge in [-0.15, -0.1) is 11.3 Å². The lowest BCUT2D eigenvalue weighted by Crippen LogP contribution is -2.20. The van der Waals surface area contributed by atoms with E-state index in [9.17, 15) is 0 Å². The highest BCUT2D eigenvalue weighted by Gasteiger charge is 2.05. The molecule has 0 fully saturated rings. The van der Waals surface area contributed by atoms with E-state index in [0.29, 0.717) is 5.92 Å². The van der Waals surface area contributed by atoms with Crippen molar-refractivity contribution in [1.82, 2.24) is 10.3 Å². The molecule has 1 N–H and O–H groups in total. The number of thiazole rings is 1. The monoisotopic (exact) mass is 184 g/mol. The maximum atomic E-state index is 4.27. The van der Waals surface area contributed by atoms with Crippen molar-refractivity contribution in [3.8, 4) is 0 Å². The van der Waals surface area contributed by atoms with E-state index in [0.717, 1.165) is 13.1 Å². The van der Waals surface area contributed by atoms with Crippen LogP contribution >= 0.6 is 11.3 Å². The lowest BCUT2D eigenvalue weighted by molar-refractivity contribution is 0.607. The summed E-state index contributed by atoms with van der Waals surface area (Å²) in [6, 6.07) is 0. The fourth-order valence-electron chi connectivity index (χ4n) is 1.06. The Morgan fingerprint density at radius 2 is 2.50 bits per heavy atom. The zero-order chi connectivity index (χ0) is 8.81. The first-order chi connectivity index (χ1) is 5.84. The zero-order valence-corrected chi connectivity index (χ0v) is 8.53. The van der Waals surface area contributed by atoms with Gasteiger partial charge in [-0.2, -0.15) is 0 Å². The molecular weight excluding hydrogens is 168 g/mol. The summed E-state index contributed by atoms with van der Waals surface area (Å²) < 4.78 is 0. The predicted octanol–water partition coefficient (Wildman–Crippen LogP) is 2.25. The van der Waals surface area contributed by atoms with Gasteiger partial charge < -0.3 is 5.32 Å². The third-order valence-electron chi connectivity index (χ3n) is 1.75. The van der Waals surface area contributed by atoms with E-state index in [1.165, 1.54) is 11.4 Å². The molecule has 0 spiro atoms. The minimum Gasteiger partial charge on any atom is -0.316 e. The number of nitrogens with one attached hydrogen (secondary N) is 1. The fraction of sp³-hybridized carbons (Fsp3) is 0.667. The van der Waals surface area contributed by atoms with Crippen LogP contribution in [-0.2, 0) is 0 Å². The predicted molar refractivity (Wildman–Crippen MR) is 53.7 cm³/mol. The topological polar surface area (TPSA) is 24.9 Å². The largest absolute Gasteiger partial charge is 0.316 e. The van der Waals surface area contributed by atoms with Crippen molar-refractivity contribution in [3.05, 3.63) is 16.6 Å². The average Bonchev–Trinajstić information content (AvgIpc) is 2.56. The molecule has 0 aliphatic carbocycles. The number of nitrogens with zero attached hydrogens (tertiary/aromatic N) is 1. The summed E-state index contributed by atoms with van der Waals surface area (Å²) in [7, 11) is 0. The molecule has 1 aromatic rings. The molecule has 0 aliphatic heterocycles. The Labute approximate surface area is 78.0 Å². The second-order valence-electron chi connectivity index (χ2n) is 2.98. The van der Waals surface area contributed by atoms with Gasteiger partial charge in [0, 0.05) is 24.0 Å². The van der Waals surface area contributed by atoms with Gasteiger partial charge in [0.1, 0.15) is 0 Å². The second kappa shape index (κ2) is 5.27. The number of hydrogen-bond acceptors (Lipinski definition) is 3. The molecular formula is C9H16N2S. The van der Waals surface area contributed by atoms with Crippen LogP contribution in [0.2, 0.25) is 0 Å². The lowest BCUT2D eigenvalue weighted by Gasteiger charge is -2.08. The van der Waals surface area contributed by atoms with Crippen LogP contribution in [-0.4, -0.2) is 18.1 Å². The fourth-order valence-corrected chi connectivity index (χ4v) is 1.76. The van der Waals surface area contributed by atoms with E-state index in [2.05, 4.69) is 24.1 Å². The average molecular weight is 184 g/mol. The van der Waals surface area contributed by atoms with Crippen LogP contribution in [0.25, 0.3) is 0 Å². The summed E-state index contributed by atoms with van der Waals surface area (Å²) in [5.41, 5.74) is 0.